The molecule has 6 heteroatoms. The van der Waals surface area contributed by atoms with E-state index in [2.05, 4.69) is 270 Å². The second-order valence-corrected chi connectivity index (χ2v) is 22.9. The summed E-state index contributed by atoms with van der Waals surface area (Å²) in [5, 5.41) is 21.4. The van der Waals surface area contributed by atoms with Crippen molar-refractivity contribution in [1.29, 1.82) is 5.26 Å². The molecule has 0 fully saturated rings. The van der Waals surface area contributed by atoms with Gasteiger partial charge in [0.05, 0.1) is 79.0 Å². The van der Waals surface area contributed by atoms with E-state index in [1.54, 1.807) is 0 Å². The zero-order chi connectivity index (χ0) is 53.5. The number of aromatic nitrogens is 4. The van der Waals surface area contributed by atoms with E-state index in [-0.39, 0.29) is 10.8 Å². The van der Waals surface area contributed by atoms with Gasteiger partial charge in [0.2, 0.25) is 5.69 Å². The van der Waals surface area contributed by atoms with Crippen LogP contribution in [-0.4, -0.2) is 18.3 Å². The van der Waals surface area contributed by atoms with Gasteiger partial charge in [-0.25, -0.2) is 4.85 Å². The summed E-state index contributed by atoms with van der Waals surface area (Å²) in [4.78, 5) is 4.85. The largest absolute Gasteiger partial charge is 0.318 e. The lowest BCUT2D eigenvalue weighted by atomic mass is 9.82. The second-order valence-electron chi connectivity index (χ2n) is 22.9. The molecule has 0 spiro atoms. The maximum absolute atomic E-state index is 12.7. The summed E-state index contributed by atoms with van der Waals surface area (Å²) in [7, 11) is 0. The Kier molecular flexibility index (Phi) is 8.74. The van der Waals surface area contributed by atoms with Crippen molar-refractivity contribution < 1.29 is 0 Å². The molecule has 374 valence electrons. The first-order valence-corrected chi connectivity index (χ1v) is 27.5. The highest BCUT2D eigenvalue weighted by molar-refractivity contribution is 6.22. The molecule has 2 aliphatic carbocycles. The molecule has 80 heavy (non-hydrogen) atoms. The first-order valence-electron chi connectivity index (χ1n) is 27.5. The summed E-state index contributed by atoms with van der Waals surface area (Å²) in [6.07, 6.45) is 0. The van der Waals surface area contributed by atoms with Crippen molar-refractivity contribution in [3.05, 3.63) is 258 Å². The lowest BCUT2D eigenvalue weighted by Gasteiger charge is -2.27. The molecule has 0 saturated heterocycles. The summed E-state index contributed by atoms with van der Waals surface area (Å²) in [6, 6.07) is 81.5. The number of rotatable bonds is 4. The first-order chi connectivity index (χ1) is 39.2. The fraction of sp³-hybridized carbons (Fsp3) is 0.0811. The predicted octanol–water partition coefficient (Wildman–Crippen LogP) is 19.1. The van der Waals surface area contributed by atoms with Crippen LogP contribution in [0.4, 0.5) is 5.69 Å². The Hall–Kier alpha value is -10.4. The van der Waals surface area contributed by atoms with E-state index >= 15 is 0 Å². The predicted molar refractivity (Wildman–Crippen MR) is 330 cm³/mol. The third-order valence-corrected chi connectivity index (χ3v) is 18.4. The van der Waals surface area contributed by atoms with E-state index in [1.807, 2.05) is 0 Å². The molecule has 0 unspecified atom stereocenters. The van der Waals surface area contributed by atoms with Crippen molar-refractivity contribution in [3.8, 4) is 51.1 Å². The molecule has 0 aliphatic heterocycles. The Balaban J connectivity index is 1.18. The smallest absolute Gasteiger partial charge is 0.237 e. The Bertz CT molecular complexity index is 5070. The zero-order valence-electron chi connectivity index (χ0n) is 44.5. The monoisotopic (exact) mass is 1020 g/mol. The lowest BCUT2D eigenvalue weighted by molar-refractivity contribution is 0.660. The van der Waals surface area contributed by atoms with Crippen molar-refractivity contribution in [2.75, 3.05) is 0 Å². The SMILES string of the molecule is [C-]#[N+]c1c(-n2c3ccccc3c3ccccc32)c(C#N)c(-n2c3ccccc3c3c4c(ccc32)C(C)(C)c2ccccc2-4)c(-n2c3ccccc3c3ccccc32)c1-n1c2ccccc2c2c3c(ccc21)C(C)(C)c1ccccc1-3. The molecule has 0 bridgehead atoms. The van der Waals surface area contributed by atoms with Gasteiger partial charge >= 0.3 is 0 Å². The van der Waals surface area contributed by atoms with Gasteiger partial charge in [-0.2, -0.15) is 5.26 Å². The maximum Gasteiger partial charge on any atom is 0.237 e. The molecule has 4 heterocycles. The van der Waals surface area contributed by atoms with E-state index in [0.717, 1.165) is 92.9 Å². The van der Waals surface area contributed by atoms with E-state index in [1.165, 1.54) is 44.5 Å². The van der Waals surface area contributed by atoms with Gasteiger partial charge in [-0.3, -0.25) is 0 Å². The van der Waals surface area contributed by atoms with E-state index < -0.39 is 0 Å². The van der Waals surface area contributed by atoms with Crippen LogP contribution in [0.25, 0.3) is 137 Å². The second kappa shape index (κ2) is 15.6. The Morgan fingerprint density at radius 2 is 0.662 bits per heavy atom. The van der Waals surface area contributed by atoms with E-state index in [9.17, 15) is 11.8 Å². The number of benzene rings is 11. The van der Waals surface area contributed by atoms with Crippen LogP contribution in [0, 0.1) is 17.9 Å². The van der Waals surface area contributed by atoms with Crippen LogP contribution >= 0.6 is 0 Å². The quantitative estimate of drug-likeness (QED) is 0.162. The average Bonchev–Trinajstić information content (AvgIpc) is 4.49. The molecule has 0 radical (unpaired) electrons. The van der Waals surface area contributed by atoms with Crippen LogP contribution < -0.4 is 0 Å². The molecule has 17 rings (SSSR count). The topological polar surface area (TPSA) is 47.9 Å². The van der Waals surface area contributed by atoms with Crippen molar-refractivity contribution in [2.45, 2.75) is 38.5 Å². The van der Waals surface area contributed by atoms with E-state index in [4.69, 9.17) is 4.85 Å². The minimum Gasteiger partial charge on any atom is -0.318 e. The highest BCUT2D eigenvalue weighted by atomic mass is 15.1. The highest BCUT2D eigenvalue weighted by Crippen LogP contribution is 2.58. The minimum absolute atomic E-state index is 0.253. The number of hydrogen-bond donors (Lipinski definition) is 0. The third kappa shape index (κ3) is 5.40. The number of fused-ring (bicyclic) bond motifs is 20. The lowest BCUT2D eigenvalue weighted by Crippen LogP contribution is -2.15. The number of nitrogens with zero attached hydrogens (tertiary/aromatic N) is 6. The van der Waals surface area contributed by atoms with Crippen molar-refractivity contribution >= 4 is 92.9 Å². The standard InChI is InChI=1S/C74H48N6/c1-73(2)52-30-14-6-26-47(52)64-54(73)38-40-62-66(64)49-28-12-20-36-60(49)79(62)70-51(42-75)69(77-56-32-16-8-22-43(56)44-23-9-17-33-57(44)77)68(76-5)71(72(70)78-58-34-18-10-24-45(58)46-25-11-19-35-59(46)78)80-61-37-21-13-29-50(61)67-63(80)41-39-55-65(67)48-27-7-15-31-53(48)74(55,3)4/h6-41H,1-4H3. The van der Waals surface area contributed by atoms with Crippen LogP contribution in [0.1, 0.15) is 55.5 Å². The molecule has 2 aliphatic rings. The van der Waals surface area contributed by atoms with Gasteiger partial charge in [0.1, 0.15) is 6.07 Å². The minimum atomic E-state index is -0.254. The van der Waals surface area contributed by atoms with Gasteiger partial charge in [-0.15, -0.1) is 0 Å². The first kappa shape index (κ1) is 44.7. The molecular formula is C74H48N6. The molecule has 0 atom stereocenters. The summed E-state index contributed by atoms with van der Waals surface area (Å²) < 4.78 is 9.36. The molecule has 0 N–H and O–H groups in total. The van der Waals surface area contributed by atoms with Gasteiger partial charge in [0.15, 0.2) is 0 Å². The average molecular weight is 1020 g/mol. The summed E-state index contributed by atoms with van der Waals surface area (Å²) in [5.74, 6) is 0. The van der Waals surface area contributed by atoms with Crippen LogP contribution in [0.3, 0.4) is 0 Å². The summed E-state index contributed by atoms with van der Waals surface area (Å²) >= 11 is 0. The van der Waals surface area contributed by atoms with Crippen LogP contribution in [0.2, 0.25) is 0 Å². The van der Waals surface area contributed by atoms with Gasteiger partial charge < -0.3 is 18.3 Å². The molecule has 0 amide bonds. The molecule has 15 aromatic rings. The van der Waals surface area contributed by atoms with Gasteiger partial charge in [-0.1, -0.05) is 198 Å². The van der Waals surface area contributed by atoms with Gasteiger partial charge in [0.25, 0.3) is 0 Å². The molecule has 4 aromatic heterocycles. The molecule has 11 aromatic carbocycles. The van der Waals surface area contributed by atoms with Gasteiger partial charge in [0, 0.05) is 53.9 Å². The normalized spacial score (nSPS) is 13.9. The zero-order valence-corrected chi connectivity index (χ0v) is 44.5. The van der Waals surface area contributed by atoms with Crippen molar-refractivity contribution in [2.24, 2.45) is 0 Å². The van der Waals surface area contributed by atoms with Crippen LogP contribution in [0.5, 0.6) is 0 Å². The Labute approximate surface area is 461 Å². The molecule has 0 saturated carbocycles. The van der Waals surface area contributed by atoms with Gasteiger partial charge in [-0.05, 0) is 93.0 Å². The van der Waals surface area contributed by atoms with E-state index in [0.29, 0.717) is 28.3 Å². The number of hydrogen-bond acceptors (Lipinski definition) is 1. The van der Waals surface area contributed by atoms with Crippen LogP contribution in [0.15, 0.2) is 218 Å². The van der Waals surface area contributed by atoms with Crippen molar-refractivity contribution in [3.63, 3.8) is 0 Å². The number of para-hydroxylation sites is 6. The Morgan fingerprint density at radius 3 is 1.06 bits per heavy atom. The third-order valence-electron chi connectivity index (χ3n) is 18.4. The fourth-order valence-electron chi connectivity index (χ4n) is 15.1. The molecule has 6 nitrogen and oxygen atoms in total. The maximum atomic E-state index is 12.7. The summed E-state index contributed by atoms with van der Waals surface area (Å²) in [5.41, 5.74) is 20.6. The number of nitriles is 1. The van der Waals surface area contributed by atoms with Crippen LogP contribution in [-0.2, 0) is 10.8 Å². The fourth-order valence-corrected chi connectivity index (χ4v) is 15.1. The van der Waals surface area contributed by atoms with Crippen molar-refractivity contribution in [1.82, 2.24) is 18.3 Å². The summed E-state index contributed by atoms with van der Waals surface area (Å²) in [6.45, 7) is 19.3. The Morgan fingerprint density at radius 1 is 0.338 bits per heavy atom. The highest BCUT2D eigenvalue weighted by Gasteiger charge is 2.41. The molecular weight excluding hydrogens is 973 g/mol.